The first-order valence-electron chi connectivity index (χ1n) is 10.4. The summed E-state index contributed by atoms with van der Waals surface area (Å²) in [6, 6.07) is 12.5. The van der Waals surface area contributed by atoms with Crippen LogP contribution in [0.15, 0.2) is 42.5 Å². The highest BCUT2D eigenvalue weighted by Gasteiger charge is 2.34. The van der Waals surface area contributed by atoms with Gasteiger partial charge in [-0.3, -0.25) is 4.90 Å². The number of hydrogen-bond donors (Lipinski definition) is 0. The van der Waals surface area contributed by atoms with E-state index in [0.717, 1.165) is 29.5 Å². The van der Waals surface area contributed by atoms with E-state index in [1.54, 1.807) is 20.3 Å². The Labute approximate surface area is 182 Å². The Morgan fingerprint density at radius 2 is 1.71 bits per heavy atom. The summed E-state index contributed by atoms with van der Waals surface area (Å²) in [6.45, 7) is 2.63. The third kappa shape index (κ3) is 5.69. The fourth-order valence-electron chi connectivity index (χ4n) is 3.76. The van der Waals surface area contributed by atoms with Gasteiger partial charge >= 0.3 is 12.1 Å². The summed E-state index contributed by atoms with van der Waals surface area (Å²) in [7, 11) is 3.15. The lowest BCUT2D eigenvalue weighted by molar-refractivity contribution is -0.152. The number of nitrogens with zero attached hydrogens (tertiary/aromatic N) is 1. The van der Waals surface area contributed by atoms with Gasteiger partial charge in [0.2, 0.25) is 0 Å². The van der Waals surface area contributed by atoms with Crippen LogP contribution in [0.5, 0.6) is 11.5 Å². The number of carbonyl (C=O) groups excluding carboxylic acids is 2. The van der Waals surface area contributed by atoms with Gasteiger partial charge in [0.05, 0.1) is 14.2 Å². The number of aryl methyl sites for hydroxylation is 1. The topological polar surface area (TPSA) is 74.3 Å². The maximum Gasteiger partial charge on any atom is 0.410 e. The van der Waals surface area contributed by atoms with Gasteiger partial charge in [-0.05, 0) is 55.0 Å². The molecule has 0 aromatic heterocycles. The van der Waals surface area contributed by atoms with E-state index in [9.17, 15) is 9.59 Å². The Morgan fingerprint density at radius 1 is 0.968 bits per heavy atom. The van der Waals surface area contributed by atoms with Crippen LogP contribution in [0.1, 0.15) is 36.0 Å². The van der Waals surface area contributed by atoms with Gasteiger partial charge in [0.15, 0.2) is 11.5 Å². The van der Waals surface area contributed by atoms with Crippen molar-refractivity contribution < 1.29 is 28.5 Å². The highest BCUT2D eigenvalue weighted by Crippen LogP contribution is 2.32. The lowest BCUT2D eigenvalue weighted by Crippen LogP contribution is -2.48. The molecule has 0 unspecified atom stereocenters. The van der Waals surface area contributed by atoms with Gasteiger partial charge in [-0.15, -0.1) is 0 Å². The summed E-state index contributed by atoms with van der Waals surface area (Å²) >= 11 is 0. The number of esters is 1. The van der Waals surface area contributed by atoms with Crippen LogP contribution < -0.4 is 9.47 Å². The number of likely N-dealkylation sites (tertiary alicyclic amines) is 1. The monoisotopic (exact) mass is 427 g/mol. The zero-order chi connectivity index (χ0) is 22.2. The first-order chi connectivity index (χ1) is 15.0. The molecule has 2 aromatic rings. The average Bonchev–Trinajstić information content (AvgIpc) is 2.81. The van der Waals surface area contributed by atoms with Gasteiger partial charge in [-0.2, -0.15) is 0 Å². The van der Waals surface area contributed by atoms with Gasteiger partial charge in [-0.25, -0.2) is 9.59 Å². The molecule has 7 nitrogen and oxygen atoms in total. The molecule has 1 atom stereocenters. The SMILES string of the molecule is COc1cc(COC(=O)[C@@H]2CCCCN2C(=O)OCc2ccccc2)cc(C)c1OC. The molecule has 1 heterocycles. The van der Waals surface area contributed by atoms with Gasteiger partial charge in [0, 0.05) is 6.54 Å². The van der Waals surface area contributed by atoms with Crippen molar-refractivity contribution in [1.29, 1.82) is 0 Å². The lowest BCUT2D eigenvalue weighted by atomic mass is 10.0. The average molecular weight is 427 g/mol. The minimum absolute atomic E-state index is 0.0867. The van der Waals surface area contributed by atoms with E-state index in [1.165, 1.54) is 4.90 Å². The van der Waals surface area contributed by atoms with Crippen molar-refractivity contribution in [2.24, 2.45) is 0 Å². The number of benzene rings is 2. The molecule has 1 aliphatic heterocycles. The fourth-order valence-corrected chi connectivity index (χ4v) is 3.76. The molecular formula is C24H29NO6. The van der Waals surface area contributed by atoms with Crippen LogP contribution in [0.3, 0.4) is 0 Å². The fraction of sp³-hybridized carbons (Fsp3) is 0.417. The van der Waals surface area contributed by atoms with E-state index in [4.69, 9.17) is 18.9 Å². The number of hydrogen-bond acceptors (Lipinski definition) is 6. The molecular weight excluding hydrogens is 398 g/mol. The number of rotatable bonds is 7. The van der Waals surface area contributed by atoms with Gasteiger partial charge < -0.3 is 18.9 Å². The Balaban J connectivity index is 1.61. The summed E-state index contributed by atoms with van der Waals surface area (Å²) in [5.41, 5.74) is 2.57. The van der Waals surface area contributed by atoms with Crippen LogP contribution in [-0.4, -0.2) is 43.8 Å². The lowest BCUT2D eigenvalue weighted by Gasteiger charge is -2.33. The molecule has 1 saturated heterocycles. The number of ether oxygens (including phenoxy) is 4. The van der Waals surface area contributed by atoms with E-state index in [2.05, 4.69) is 0 Å². The van der Waals surface area contributed by atoms with E-state index in [-0.39, 0.29) is 13.2 Å². The molecule has 2 aromatic carbocycles. The van der Waals surface area contributed by atoms with E-state index >= 15 is 0 Å². The molecule has 0 N–H and O–H groups in total. The molecule has 0 radical (unpaired) electrons. The molecule has 1 fully saturated rings. The van der Waals surface area contributed by atoms with E-state index in [0.29, 0.717) is 24.5 Å². The zero-order valence-electron chi connectivity index (χ0n) is 18.3. The van der Waals surface area contributed by atoms with Gasteiger partial charge in [0.1, 0.15) is 19.3 Å². The van der Waals surface area contributed by atoms with Crippen molar-refractivity contribution >= 4 is 12.1 Å². The molecule has 166 valence electrons. The molecule has 0 aliphatic carbocycles. The van der Waals surface area contributed by atoms with Crippen LogP contribution in [0.4, 0.5) is 4.79 Å². The third-order valence-corrected chi connectivity index (χ3v) is 5.32. The molecule has 1 amide bonds. The molecule has 31 heavy (non-hydrogen) atoms. The quantitative estimate of drug-likeness (QED) is 0.615. The Kier molecular flexibility index (Phi) is 7.76. The summed E-state index contributed by atoms with van der Waals surface area (Å²) in [5.74, 6) is 0.804. The third-order valence-electron chi connectivity index (χ3n) is 5.32. The first kappa shape index (κ1) is 22.5. The maximum absolute atomic E-state index is 12.8. The second kappa shape index (κ2) is 10.7. The summed E-state index contributed by atoms with van der Waals surface area (Å²) in [5, 5.41) is 0. The predicted octanol–water partition coefficient (Wildman–Crippen LogP) is 4.25. The van der Waals surface area contributed by atoms with Crippen LogP contribution in [0, 0.1) is 6.92 Å². The molecule has 3 rings (SSSR count). The van der Waals surface area contributed by atoms with E-state index < -0.39 is 18.1 Å². The minimum Gasteiger partial charge on any atom is -0.493 e. The van der Waals surface area contributed by atoms with Crippen LogP contribution in [-0.2, 0) is 27.5 Å². The Bertz CT molecular complexity index is 898. The normalized spacial score (nSPS) is 15.8. The number of carbonyl (C=O) groups is 2. The second-order valence-corrected chi connectivity index (χ2v) is 7.50. The number of piperidine rings is 1. The van der Waals surface area contributed by atoms with Gasteiger partial charge in [-0.1, -0.05) is 30.3 Å². The standard InChI is InChI=1S/C24H29NO6/c1-17-13-19(14-21(28-2)22(17)29-3)16-30-23(26)20-11-7-8-12-25(20)24(27)31-15-18-9-5-4-6-10-18/h4-6,9-10,13-14,20H,7-8,11-12,15-16H2,1-3H3/t20-/m0/s1. The summed E-state index contributed by atoms with van der Waals surface area (Å²) in [4.78, 5) is 26.9. The Morgan fingerprint density at radius 3 is 2.42 bits per heavy atom. The van der Waals surface area contributed by atoms with E-state index in [1.807, 2.05) is 43.3 Å². The summed E-state index contributed by atoms with van der Waals surface area (Å²) < 4.78 is 21.7. The van der Waals surface area contributed by atoms with Crippen molar-refractivity contribution in [2.45, 2.75) is 45.4 Å². The van der Waals surface area contributed by atoms with Gasteiger partial charge in [0.25, 0.3) is 0 Å². The van der Waals surface area contributed by atoms with Crippen molar-refractivity contribution in [3.8, 4) is 11.5 Å². The number of methoxy groups -OCH3 is 2. The van der Waals surface area contributed by atoms with Crippen LogP contribution in [0.2, 0.25) is 0 Å². The van der Waals surface area contributed by atoms with Crippen LogP contribution >= 0.6 is 0 Å². The number of amides is 1. The van der Waals surface area contributed by atoms with Crippen molar-refractivity contribution in [3.63, 3.8) is 0 Å². The molecule has 1 aliphatic rings. The molecule has 0 bridgehead atoms. The highest BCUT2D eigenvalue weighted by molar-refractivity contribution is 5.81. The highest BCUT2D eigenvalue weighted by atomic mass is 16.6. The first-order valence-corrected chi connectivity index (χ1v) is 10.4. The smallest absolute Gasteiger partial charge is 0.410 e. The Hall–Kier alpha value is -3.22. The maximum atomic E-state index is 12.8. The second-order valence-electron chi connectivity index (χ2n) is 7.50. The largest absolute Gasteiger partial charge is 0.493 e. The molecule has 0 saturated carbocycles. The predicted molar refractivity (Wildman–Crippen MR) is 115 cm³/mol. The van der Waals surface area contributed by atoms with Crippen molar-refractivity contribution in [2.75, 3.05) is 20.8 Å². The van der Waals surface area contributed by atoms with Crippen LogP contribution in [0.25, 0.3) is 0 Å². The molecule has 0 spiro atoms. The van der Waals surface area contributed by atoms with Crippen molar-refractivity contribution in [1.82, 2.24) is 4.90 Å². The minimum atomic E-state index is -0.640. The summed E-state index contributed by atoms with van der Waals surface area (Å²) in [6.07, 6.45) is 1.76. The zero-order valence-corrected chi connectivity index (χ0v) is 18.3. The van der Waals surface area contributed by atoms with Crippen molar-refractivity contribution in [3.05, 3.63) is 59.2 Å². The molecule has 7 heteroatoms.